The number of benzene rings is 1. The van der Waals surface area contributed by atoms with Crippen molar-refractivity contribution in [2.75, 3.05) is 6.61 Å². The van der Waals surface area contributed by atoms with Gasteiger partial charge >= 0.3 is 11.6 Å². The molecule has 2 atom stereocenters. The Balaban J connectivity index is 2.08. The molecule has 170 valence electrons. The van der Waals surface area contributed by atoms with Gasteiger partial charge in [-0.05, 0) is 43.4 Å². The molecule has 2 aromatic rings. The number of unbranched alkanes of at least 4 members (excludes halogenated alkanes) is 3. The van der Waals surface area contributed by atoms with Crippen molar-refractivity contribution in [2.24, 2.45) is 5.92 Å². The van der Waals surface area contributed by atoms with Gasteiger partial charge in [0.25, 0.3) is 5.91 Å². The van der Waals surface area contributed by atoms with Crippen LogP contribution in [-0.2, 0) is 16.0 Å². The summed E-state index contributed by atoms with van der Waals surface area (Å²) in [6.45, 7) is 7.37. The highest BCUT2D eigenvalue weighted by Crippen LogP contribution is 2.25. The quantitative estimate of drug-likeness (QED) is 0.385. The summed E-state index contributed by atoms with van der Waals surface area (Å²) in [4.78, 5) is 35.9. The topological polar surface area (TPSA) is 106 Å². The first-order valence-electron chi connectivity index (χ1n) is 11.0. The molecule has 2 rings (SSSR count). The van der Waals surface area contributed by atoms with Gasteiger partial charge in [0.1, 0.15) is 17.4 Å². The number of nitrogens with one attached hydrogen (secondary N) is 1. The van der Waals surface area contributed by atoms with E-state index in [0.29, 0.717) is 29.7 Å². The Morgan fingerprint density at radius 3 is 2.58 bits per heavy atom. The number of carbonyl (C=O) groups excluding carboxylic acids is 1. The second-order valence-corrected chi connectivity index (χ2v) is 8.02. The van der Waals surface area contributed by atoms with Crippen LogP contribution in [0.2, 0.25) is 0 Å². The maximum absolute atomic E-state index is 12.4. The molecule has 7 heteroatoms. The molecular weight excluding hydrogens is 398 g/mol. The van der Waals surface area contributed by atoms with Gasteiger partial charge in [-0.3, -0.25) is 4.79 Å². The summed E-state index contributed by atoms with van der Waals surface area (Å²) in [7, 11) is 0. The molecule has 7 nitrogen and oxygen atoms in total. The average molecular weight is 432 g/mol. The number of rotatable bonds is 12. The van der Waals surface area contributed by atoms with Crippen molar-refractivity contribution in [1.29, 1.82) is 0 Å². The SMILES string of the molecule is CCCCCCc1c(C)c2ccc(OCC(=O)N[C@H](C(=O)O)[C@@H](C)CC)cc2oc1=O. The minimum atomic E-state index is -1.07. The first-order chi connectivity index (χ1) is 14.8. The highest BCUT2D eigenvalue weighted by atomic mass is 16.5. The fraction of sp³-hybridized carbons (Fsp3) is 0.542. The highest BCUT2D eigenvalue weighted by Gasteiger charge is 2.25. The fourth-order valence-corrected chi connectivity index (χ4v) is 3.53. The standard InChI is InChI=1S/C24H33NO6/c1-5-7-8-9-10-19-16(4)18-12-11-17(13-20(18)31-24(19)29)30-14-21(26)25-22(23(27)28)15(3)6-2/h11-13,15,22H,5-10,14H2,1-4H3,(H,25,26)(H,27,28)/t15-,22-/m0/s1. The lowest BCUT2D eigenvalue weighted by atomic mass is 9.99. The first kappa shape index (κ1) is 24.4. The van der Waals surface area contributed by atoms with Gasteiger partial charge in [-0.1, -0.05) is 46.5 Å². The number of fused-ring (bicyclic) bond motifs is 1. The average Bonchev–Trinajstić information content (AvgIpc) is 2.74. The first-order valence-corrected chi connectivity index (χ1v) is 11.0. The number of amides is 1. The zero-order valence-corrected chi connectivity index (χ0v) is 18.8. The van der Waals surface area contributed by atoms with Crippen molar-refractivity contribution in [3.05, 3.63) is 39.7 Å². The molecule has 0 unspecified atom stereocenters. The van der Waals surface area contributed by atoms with Crippen LogP contribution >= 0.6 is 0 Å². The van der Waals surface area contributed by atoms with E-state index in [4.69, 9.17) is 9.15 Å². The normalized spacial score (nSPS) is 13.0. The lowest BCUT2D eigenvalue weighted by Crippen LogP contribution is -2.46. The Labute approximate surface area is 182 Å². The van der Waals surface area contributed by atoms with Crippen LogP contribution < -0.4 is 15.7 Å². The molecule has 1 aromatic heterocycles. The summed E-state index contributed by atoms with van der Waals surface area (Å²) >= 11 is 0. The second kappa shape index (κ2) is 11.5. The molecule has 31 heavy (non-hydrogen) atoms. The Kier molecular flexibility index (Phi) is 9.09. The van der Waals surface area contributed by atoms with Crippen LogP contribution in [-0.4, -0.2) is 29.6 Å². The molecule has 0 saturated carbocycles. The van der Waals surface area contributed by atoms with E-state index >= 15 is 0 Å². The van der Waals surface area contributed by atoms with Crippen LogP contribution in [0.25, 0.3) is 11.0 Å². The minimum absolute atomic E-state index is 0.199. The number of carboxylic acids is 1. The van der Waals surface area contributed by atoms with Gasteiger partial charge in [0.2, 0.25) is 0 Å². The van der Waals surface area contributed by atoms with Gasteiger partial charge in [0.15, 0.2) is 6.61 Å². The van der Waals surface area contributed by atoms with Crippen molar-refractivity contribution in [1.82, 2.24) is 5.32 Å². The predicted molar refractivity (Wildman–Crippen MR) is 120 cm³/mol. The van der Waals surface area contributed by atoms with Crippen LogP contribution in [0, 0.1) is 12.8 Å². The molecule has 0 aliphatic carbocycles. The Morgan fingerprint density at radius 1 is 1.19 bits per heavy atom. The zero-order chi connectivity index (χ0) is 23.0. The highest BCUT2D eigenvalue weighted by molar-refractivity contribution is 5.85. The number of carboxylic acid groups (broad SMARTS) is 1. The zero-order valence-electron chi connectivity index (χ0n) is 18.8. The molecule has 0 radical (unpaired) electrons. The second-order valence-electron chi connectivity index (χ2n) is 8.02. The van der Waals surface area contributed by atoms with Gasteiger partial charge in [0.05, 0.1) is 0 Å². The molecule has 0 spiro atoms. The summed E-state index contributed by atoms with van der Waals surface area (Å²) in [6.07, 6.45) is 5.65. The number of carbonyl (C=O) groups is 2. The van der Waals surface area contributed by atoms with Crippen LogP contribution in [0.15, 0.2) is 27.4 Å². The molecule has 0 saturated heterocycles. The molecule has 0 fully saturated rings. The maximum Gasteiger partial charge on any atom is 0.339 e. The van der Waals surface area contributed by atoms with Crippen molar-refractivity contribution >= 4 is 22.8 Å². The molecular formula is C24H33NO6. The number of ether oxygens (including phenoxy) is 1. The van der Waals surface area contributed by atoms with Crippen LogP contribution in [0.5, 0.6) is 5.75 Å². The van der Waals surface area contributed by atoms with Crippen LogP contribution in [0.1, 0.15) is 64.0 Å². The van der Waals surface area contributed by atoms with Crippen molar-refractivity contribution in [2.45, 2.75) is 72.3 Å². The summed E-state index contributed by atoms with van der Waals surface area (Å²) in [5.74, 6) is -1.42. The summed E-state index contributed by atoms with van der Waals surface area (Å²) in [5.41, 5.74) is 1.68. The van der Waals surface area contributed by atoms with Crippen molar-refractivity contribution in [3.63, 3.8) is 0 Å². The third kappa shape index (κ3) is 6.57. The molecule has 1 amide bonds. The summed E-state index contributed by atoms with van der Waals surface area (Å²) in [6, 6.07) is 4.15. The Morgan fingerprint density at radius 2 is 1.94 bits per heavy atom. The molecule has 2 N–H and O–H groups in total. The number of hydrogen-bond acceptors (Lipinski definition) is 5. The number of aryl methyl sites for hydroxylation is 1. The maximum atomic E-state index is 12.4. The predicted octanol–water partition coefficient (Wildman–Crippen LogP) is 4.22. The van der Waals surface area contributed by atoms with E-state index < -0.39 is 17.9 Å². The van der Waals surface area contributed by atoms with E-state index in [2.05, 4.69) is 12.2 Å². The van der Waals surface area contributed by atoms with Gasteiger partial charge < -0.3 is 19.6 Å². The smallest absolute Gasteiger partial charge is 0.339 e. The molecule has 0 aliphatic heterocycles. The molecule has 0 bridgehead atoms. The van der Waals surface area contributed by atoms with E-state index in [1.54, 1.807) is 19.1 Å². The molecule has 0 aliphatic rings. The third-order valence-electron chi connectivity index (χ3n) is 5.70. The minimum Gasteiger partial charge on any atom is -0.484 e. The van der Waals surface area contributed by atoms with Gasteiger partial charge in [-0.25, -0.2) is 9.59 Å². The van der Waals surface area contributed by atoms with E-state index in [1.165, 1.54) is 0 Å². The van der Waals surface area contributed by atoms with Crippen LogP contribution in [0.3, 0.4) is 0 Å². The molecule has 1 aromatic carbocycles. The summed E-state index contributed by atoms with van der Waals surface area (Å²) < 4.78 is 11.0. The summed E-state index contributed by atoms with van der Waals surface area (Å²) in [5, 5.41) is 12.6. The van der Waals surface area contributed by atoms with E-state index in [0.717, 1.165) is 36.6 Å². The van der Waals surface area contributed by atoms with Crippen LogP contribution in [0.4, 0.5) is 0 Å². The Hall–Kier alpha value is -2.83. The number of hydrogen-bond donors (Lipinski definition) is 2. The lowest BCUT2D eigenvalue weighted by Gasteiger charge is -2.20. The largest absolute Gasteiger partial charge is 0.484 e. The lowest BCUT2D eigenvalue weighted by molar-refractivity contribution is -0.143. The fourth-order valence-electron chi connectivity index (χ4n) is 3.53. The van der Waals surface area contributed by atoms with Gasteiger partial charge in [-0.2, -0.15) is 0 Å². The van der Waals surface area contributed by atoms with Gasteiger partial charge in [0, 0.05) is 17.0 Å². The van der Waals surface area contributed by atoms with Gasteiger partial charge in [-0.15, -0.1) is 0 Å². The monoisotopic (exact) mass is 431 g/mol. The van der Waals surface area contributed by atoms with E-state index in [-0.39, 0.29) is 18.2 Å². The van der Waals surface area contributed by atoms with E-state index in [9.17, 15) is 19.5 Å². The third-order valence-corrected chi connectivity index (χ3v) is 5.70. The Bertz CT molecular complexity index is 964. The molecule has 1 heterocycles. The van der Waals surface area contributed by atoms with E-state index in [1.807, 2.05) is 19.9 Å². The number of aliphatic carboxylic acids is 1. The van der Waals surface area contributed by atoms with Crippen molar-refractivity contribution < 1.29 is 23.8 Å². The van der Waals surface area contributed by atoms with Crippen molar-refractivity contribution in [3.8, 4) is 5.75 Å².